The van der Waals surface area contributed by atoms with Crippen molar-refractivity contribution in [1.82, 2.24) is 9.62 Å². The Kier molecular flexibility index (Phi) is 7.33. The molecule has 1 unspecified atom stereocenters. The second-order valence-electron chi connectivity index (χ2n) is 7.25. The molecule has 1 atom stereocenters. The molecule has 1 N–H and O–H groups in total. The number of carbonyl (C=O) groups is 1. The van der Waals surface area contributed by atoms with Crippen LogP contribution < -0.4 is 14.8 Å². The quantitative estimate of drug-likeness (QED) is 0.616. The van der Waals surface area contributed by atoms with E-state index in [0.717, 1.165) is 18.4 Å². The van der Waals surface area contributed by atoms with Gasteiger partial charge in [-0.2, -0.15) is 4.31 Å². The normalized spacial score (nSPS) is 15.5. The summed E-state index contributed by atoms with van der Waals surface area (Å²) in [6.07, 6.45) is 1.18. The van der Waals surface area contributed by atoms with Gasteiger partial charge in [0, 0.05) is 13.1 Å². The number of para-hydroxylation sites is 1. The van der Waals surface area contributed by atoms with Gasteiger partial charge in [-0.1, -0.05) is 18.2 Å². The van der Waals surface area contributed by atoms with E-state index in [2.05, 4.69) is 5.32 Å². The highest BCUT2D eigenvalue weighted by atomic mass is 32.2. The van der Waals surface area contributed by atoms with Crippen LogP contribution in [-0.2, 0) is 14.8 Å². The van der Waals surface area contributed by atoms with Gasteiger partial charge >= 0.3 is 0 Å². The maximum absolute atomic E-state index is 12.5. The average Bonchev–Trinajstić information content (AvgIpc) is 3.29. The lowest BCUT2D eigenvalue weighted by Gasteiger charge is -2.17. The number of amides is 1. The van der Waals surface area contributed by atoms with E-state index < -0.39 is 16.1 Å². The van der Waals surface area contributed by atoms with Gasteiger partial charge < -0.3 is 14.8 Å². The first kappa shape index (κ1) is 22.1. The second-order valence-corrected chi connectivity index (χ2v) is 9.19. The molecule has 8 heteroatoms. The minimum Gasteiger partial charge on any atom is -0.492 e. The molecule has 0 radical (unpaired) electrons. The van der Waals surface area contributed by atoms with E-state index in [1.54, 1.807) is 31.2 Å². The van der Waals surface area contributed by atoms with Crippen LogP contribution in [0.1, 0.15) is 25.3 Å². The van der Waals surface area contributed by atoms with Gasteiger partial charge in [0.15, 0.2) is 6.10 Å². The number of hydrogen-bond donors (Lipinski definition) is 1. The van der Waals surface area contributed by atoms with Gasteiger partial charge in [0.25, 0.3) is 5.91 Å². The van der Waals surface area contributed by atoms with Crippen LogP contribution in [0.25, 0.3) is 0 Å². The number of ether oxygens (including phenoxy) is 2. The first-order valence-corrected chi connectivity index (χ1v) is 11.5. The molecule has 2 aromatic carbocycles. The third-order valence-electron chi connectivity index (χ3n) is 4.96. The summed E-state index contributed by atoms with van der Waals surface area (Å²) in [5.41, 5.74) is 0.968. The molecule has 2 aromatic rings. The van der Waals surface area contributed by atoms with Gasteiger partial charge in [-0.25, -0.2) is 8.42 Å². The van der Waals surface area contributed by atoms with E-state index in [1.807, 2.05) is 31.2 Å². The van der Waals surface area contributed by atoms with Gasteiger partial charge in [-0.15, -0.1) is 0 Å². The summed E-state index contributed by atoms with van der Waals surface area (Å²) < 4.78 is 37.9. The van der Waals surface area contributed by atoms with Crippen molar-refractivity contribution in [3.63, 3.8) is 0 Å². The van der Waals surface area contributed by atoms with E-state index in [1.165, 1.54) is 4.31 Å². The van der Waals surface area contributed by atoms with Crippen LogP contribution in [0.3, 0.4) is 0 Å². The van der Waals surface area contributed by atoms with Gasteiger partial charge in [-0.05, 0) is 62.6 Å². The lowest BCUT2D eigenvalue weighted by Crippen LogP contribution is -2.38. The van der Waals surface area contributed by atoms with Crippen molar-refractivity contribution in [3.05, 3.63) is 54.1 Å². The number of sulfonamides is 1. The SMILES string of the molecule is Cc1ccccc1OC(C)C(=O)NCCOc1ccc(S(=O)(=O)N2CCCC2)cc1. The number of rotatable bonds is 9. The molecule has 3 rings (SSSR count). The zero-order valence-electron chi connectivity index (χ0n) is 17.3. The molecular weight excluding hydrogens is 404 g/mol. The summed E-state index contributed by atoms with van der Waals surface area (Å²) in [6.45, 7) is 5.35. The Labute approximate surface area is 178 Å². The molecule has 1 heterocycles. The van der Waals surface area contributed by atoms with Crippen LogP contribution in [0.4, 0.5) is 0 Å². The zero-order valence-corrected chi connectivity index (χ0v) is 18.2. The summed E-state index contributed by atoms with van der Waals surface area (Å²) >= 11 is 0. The summed E-state index contributed by atoms with van der Waals surface area (Å²) in [5, 5.41) is 2.77. The fraction of sp³-hybridized carbons (Fsp3) is 0.409. The minimum atomic E-state index is -3.42. The summed E-state index contributed by atoms with van der Waals surface area (Å²) in [5.74, 6) is 1.00. The van der Waals surface area contributed by atoms with Crippen molar-refractivity contribution in [2.45, 2.75) is 37.7 Å². The molecule has 1 amide bonds. The highest BCUT2D eigenvalue weighted by molar-refractivity contribution is 7.89. The minimum absolute atomic E-state index is 0.228. The van der Waals surface area contributed by atoms with E-state index in [0.29, 0.717) is 31.1 Å². The highest BCUT2D eigenvalue weighted by Crippen LogP contribution is 2.23. The molecule has 0 aliphatic carbocycles. The standard InChI is InChI=1S/C22H28N2O5S/c1-17-7-3-4-8-21(17)29-18(2)22(25)23-13-16-28-19-9-11-20(12-10-19)30(26,27)24-14-5-6-15-24/h3-4,7-12,18H,5-6,13-16H2,1-2H3,(H,23,25). The molecule has 0 spiro atoms. The average molecular weight is 433 g/mol. The van der Waals surface area contributed by atoms with Gasteiger partial charge in [0.1, 0.15) is 18.1 Å². The predicted molar refractivity (Wildman–Crippen MR) is 114 cm³/mol. The molecule has 1 fully saturated rings. The number of carbonyl (C=O) groups excluding carboxylic acids is 1. The van der Waals surface area contributed by atoms with Crippen molar-refractivity contribution in [1.29, 1.82) is 0 Å². The molecule has 7 nitrogen and oxygen atoms in total. The molecule has 30 heavy (non-hydrogen) atoms. The number of nitrogens with one attached hydrogen (secondary N) is 1. The summed E-state index contributed by atoms with van der Waals surface area (Å²) in [4.78, 5) is 12.5. The third-order valence-corrected chi connectivity index (χ3v) is 6.88. The fourth-order valence-electron chi connectivity index (χ4n) is 3.20. The van der Waals surface area contributed by atoms with Crippen LogP contribution in [0.15, 0.2) is 53.4 Å². The smallest absolute Gasteiger partial charge is 0.260 e. The van der Waals surface area contributed by atoms with E-state index in [-0.39, 0.29) is 17.4 Å². The van der Waals surface area contributed by atoms with E-state index in [4.69, 9.17) is 9.47 Å². The molecular formula is C22H28N2O5S. The Bertz CT molecular complexity index is 954. The monoisotopic (exact) mass is 432 g/mol. The molecule has 162 valence electrons. The first-order valence-electron chi connectivity index (χ1n) is 10.1. The summed E-state index contributed by atoms with van der Waals surface area (Å²) in [6, 6.07) is 13.9. The van der Waals surface area contributed by atoms with E-state index in [9.17, 15) is 13.2 Å². The number of benzene rings is 2. The molecule has 0 bridgehead atoms. The first-order chi connectivity index (χ1) is 14.4. The molecule has 0 saturated carbocycles. The Morgan fingerprint density at radius 2 is 1.77 bits per heavy atom. The molecule has 0 aromatic heterocycles. The maximum Gasteiger partial charge on any atom is 0.260 e. The van der Waals surface area contributed by atoms with Crippen LogP contribution in [-0.4, -0.2) is 51.0 Å². The molecule has 1 aliphatic heterocycles. The van der Waals surface area contributed by atoms with Gasteiger partial charge in [0.2, 0.25) is 10.0 Å². The number of aryl methyl sites for hydroxylation is 1. The summed E-state index contributed by atoms with van der Waals surface area (Å²) in [7, 11) is -3.42. The van der Waals surface area contributed by atoms with Crippen LogP contribution in [0.5, 0.6) is 11.5 Å². The van der Waals surface area contributed by atoms with Crippen molar-refractivity contribution in [2.24, 2.45) is 0 Å². The largest absolute Gasteiger partial charge is 0.492 e. The maximum atomic E-state index is 12.5. The molecule has 1 saturated heterocycles. The zero-order chi connectivity index (χ0) is 21.6. The lowest BCUT2D eigenvalue weighted by molar-refractivity contribution is -0.127. The number of hydrogen-bond acceptors (Lipinski definition) is 5. The van der Waals surface area contributed by atoms with E-state index >= 15 is 0 Å². The van der Waals surface area contributed by atoms with Crippen LogP contribution >= 0.6 is 0 Å². The Balaban J connectivity index is 1.43. The Morgan fingerprint density at radius 1 is 1.10 bits per heavy atom. The predicted octanol–water partition coefficient (Wildman–Crippen LogP) is 2.74. The van der Waals surface area contributed by atoms with Gasteiger partial charge in [0.05, 0.1) is 11.4 Å². The van der Waals surface area contributed by atoms with Crippen molar-refractivity contribution in [2.75, 3.05) is 26.2 Å². The van der Waals surface area contributed by atoms with Crippen molar-refractivity contribution in [3.8, 4) is 11.5 Å². The van der Waals surface area contributed by atoms with Crippen LogP contribution in [0.2, 0.25) is 0 Å². The second kappa shape index (κ2) is 9.95. The molecule has 1 aliphatic rings. The lowest BCUT2D eigenvalue weighted by atomic mass is 10.2. The van der Waals surface area contributed by atoms with Gasteiger partial charge in [-0.3, -0.25) is 4.79 Å². The topological polar surface area (TPSA) is 84.9 Å². The Morgan fingerprint density at radius 3 is 2.43 bits per heavy atom. The van der Waals surface area contributed by atoms with Crippen LogP contribution in [0, 0.1) is 6.92 Å². The Hall–Kier alpha value is -2.58. The van der Waals surface area contributed by atoms with Crippen molar-refractivity contribution < 1.29 is 22.7 Å². The highest BCUT2D eigenvalue weighted by Gasteiger charge is 2.26. The van der Waals surface area contributed by atoms with Crippen molar-refractivity contribution >= 4 is 15.9 Å². The fourth-order valence-corrected chi connectivity index (χ4v) is 4.72. The third kappa shape index (κ3) is 5.52. The number of nitrogens with zero attached hydrogens (tertiary/aromatic N) is 1.